The number of hydrogen-bond acceptors (Lipinski definition) is 6. The fourth-order valence-corrected chi connectivity index (χ4v) is 4.82. The number of thiazole rings is 1. The van der Waals surface area contributed by atoms with Gasteiger partial charge in [0.05, 0.1) is 16.8 Å². The van der Waals surface area contributed by atoms with E-state index in [1.165, 1.54) is 11.3 Å². The van der Waals surface area contributed by atoms with Crippen molar-refractivity contribution in [3.63, 3.8) is 0 Å². The maximum atomic E-state index is 12.6. The molecule has 0 aliphatic carbocycles. The van der Waals surface area contributed by atoms with Gasteiger partial charge in [-0.15, -0.1) is 11.3 Å². The fraction of sp³-hybridized carbons (Fsp3) is 0.200. The van der Waals surface area contributed by atoms with Crippen LogP contribution in [-0.2, 0) is 10.2 Å². The molecule has 3 heterocycles. The molecule has 4 aromatic rings. The van der Waals surface area contributed by atoms with E-state index in [2.05, 4.69) is 21.4 Å². The summed E-state index contributed by atoms with van der Waals surface area (Å²) in [5.74, 6) is 1.51. The number of likely N-dealkylation sites (N-methyl/N-ethyl adjacent to an activating group) is 1. The van der Waals surface area contributed by atoms with Crippen molar-refractivity contribution in [2.45, 2.75) is 26.2 Å². The van der Waals surface area contributed by atoms with Crippen LogP contribution in [0.3, 0.4) is 0 Å². The molecule has 0 unspecified atom stereocenters. The van der Waals surface area contributed by atoms with E-state index in [0.717, 1.165) is 38.9 Å². The van der Waals surface area contributed by atoms with E-state index in [1.807, 2.05) is 81.7 Å². The summed E-state index contributed by atoms with van der Waals surface area (Å²) >= 11 is 1.52. The van der Waals surface area contributed by atoms with Gasteiger partial charge in [-0.1, -0.05) is 36.4 Å². The second-order valence-electron chi connectivity index (χ2n) is 8.44. The van der Waals surface area contributed by atoms with Crippen LogP contribution in [0.15, 0.2) is 60.0 Å². The number of hydrogen-bond donors (Lipinski definition) is 1. The number of nitrogens with one attached hydrogen (secondary N) is 1. The lowest BCUT2D eigenvalue weighted by Gasteiger charge is -2.16. The first kappa shape index (κ1) is 20.3. The average Bonchev–Trinajstić information content (AvgIpc) is 3.31. The molecule has 2 aromatic heterocycles. The highest BCUT2D eigenvalue weighted by atomic mass is 32.1. The molecule has 7 heteroatoms. The Bertz CT molecular complexity index is 1330. The Morgan fingerprint density at radius 1 is 0.938 bits per heavy atom. The molecule has 1 amide bonds. The van der Waals surface area contributed by atoms with E-state index in [-0.39, 0.29) is 5.91 Å². The predicted octanol–water partition coefficient (Wildman–Crippen LogP) is 5.57. The van der Waals surface area contributed by atoms with Gasteiger partial charge in [0.25, 0.3) is 0 Å². The molecule has 1 aliphatic heterocycles. The molecule has 32 heavy (non-hydrogen) atoms. The number of anilines is 3. The maximum Gasteiger partial charge on any atom is 0.236 e. The van der Waals surface area contributed by atoms with Gasteiger partial charge < -0.3 is 10.2 Å². The molecule has 0 fully saturated rings. The summed E-state index contributed by atoms with van der Waals surface area (Å²) in [5.41, 5.74) is 5.23. The number of rotatable bonds is 4. The third kappa shape index (κ3) is 3.44. The first-order valence-corrected chi connectivity index (χ1v) is 11.3. The van der Waals surface area contributed by atoms with Crippen LogP contribution in [0.1, 0.15) is 25.2 Å². The minimum absolute atomic E-state index is 0.110. The number of carbonyl (C=O) groups is 1. The number of aromatic nitrogens is 3. The average molecular weight is 442 g/mol. The fourth-order valence-electron chi connectivity index (χ4n) is 4.09. The molecule has 0 spiro atoms. The monoisotopic (exact) mass is 441 g/mol. The van der Waals surface area contributed by atoms with Crippen LogP contribution in [0.4, 0.5) is 16.6 Å². The molecular weight excluding hydrogens is 418 g/mol. The van der Waals surface area contributed by atoms with E-state index in [0.29, 0.717) is 11.6 Å². The highest BCUT2D eigenvalue weighted by Gasteiger charge is 2.42. The van der Waals surface area contributed by atoms with Crippen molar-refractivity contribution >= 4 is 33.9 Å². The summed E-state index contributed by atoms with van der Waals surface area (Å²) in [4.78, 5) is 28.2. The first-order chi connectivity index (χ1) is 15.3. The molecule has 160 valence electrons. The number of amides is 1. The summed E-state index contributed by atoms with van der Waals surface area (Å²) in [5, 5.41) is 6.09. The Labute approximate surface area is 191 Å². The quantitative estimate of drug-likeness (QED) is 0.448. The number of fused-ring (bicyclic) bond motifs is 1. The zero-order valence-electron chi connectivity index (χ0n) is 18.4. The summed E-state index contributed by atoms with van der Waals surface area (Å²) < 4.78 is 0. The Balaban J connectivity index is 1.43. The highest BCUT2D eigenvalue weighted by Crippen LogP contribution is 2.42. The van der Waals surface area contributed by atoms with Gasteiger partial charge in [0, 0.05) is 35.3 Å². The second-order valence-corrected chi connectivity index (χ2v) is 9.29. The van der Waals surface area contributed by atoms with E-state index >= 15 is 0 Å². The second kappa shape index (κ2) is 7.53. The molecule has 2 aromatic carbocycles. The Morgan fingerprint density at radius 3 is 2.50 bits per heavy atom. The van der Waals surface area contributed by atoms with Crippen molar-refractivity contribution in [2.24, 2.45) is 0 Å². The molecule has 0 saturated heterocycles. The van der Waals surface area contributed by atoms with Gasteiger partial charge in [0.15, 0.2) is 5.13 Å². The molecule has 0 saturated carbocycles. The van der Waals surface area contributed by atoms with Gasteiger partial charge in [-0.2, -0.15) is 0 Å². The number of nitrogens with zero attached hydrogens (tertiary/aromatic N) is 4. The molecule has 6 nitrogen and oxygen atoms in total. The van der Waals surface area contributed by atoms with Crippen LogP contribution in [-0.4, -0.2) is 27.9 Å². The zero-order valence-corrected chi connectivity index (χ0v) is 19.2. The minimum Gasteiger partial charge on any atom is -0.316 e. The van der Waals surface area contributed by atoms with E-state index < -0.39 is 5.41 Å². The van der Waals surface area contributed by atoms with Crippen LogP contribution in [0.5, 0.6) is 0 Å². The zero-order chi connectivity index (χ0) is 22.5. The van der Waals surface area contributed by atoms with Crippen LogP contribution in [0, 0.1) is 6.92 Å². The largest absolute Gasteiger partial charge is 0.316 e. The Morgan fingerprint density at radius 2 is 1.72 bits per heavy atom. The lowest BCUT2D eigenvalue weighted by molar-refractivity contribution is -0.121. The van der Waals surface area contributed by atoms with Crippen molar-refractivity contribution in [3.05, 3.63) is 71.4 Å². The van der Waals surface area contributed by atoms with Gasteiger partial charge in [-0.3, -0.25) is 4.79 Å². The molecule has 0 radical (unpaired) electrons. The van der Waals surface area contributed by atoms with Crippen LogP contribution in [0.25, 0.3) is 22.5 Å². The smallest absolute Gasteiger partial charge is 0.236 e. The topological polar surface area (TPSA) is 71.0 Å². The summed E-state index contributed by atoms with van der Waals surface area (Å²) in [6.07, 6.45) is 0. The van der Waals surface area contributed by atoms with Crippen LogP contribution in [0.2, 0.25) is 0 Å². The molecule has 1 aliphatic rings. The van der Waals surface area contributed by atoms with Gasteiger partial charge in [0.1, 0.15) is 11.6 Å². The number of benzene rings is 2. The number of carbonyl (C=O) groups excluding carboxylic acids is 1. The minimum atomic E-state index is -0.538. The van der Waals surface area contributed by atoms with Gasteiger partial charge >= 0.3 is 0 Å². The third-order valence-corrected chi connectivity index (χ3v) is 6.57. The Hall–Kier alpha value is -3.58. The predicted molar refractivity (Wildman–Crippen MR) is 129 cm³/mol. The molecular formula is C25H23N5OS. The lowest BCUT2D eigenvalue weighted by Crippen LogP contribution is -2.33. The van der Waals surface area contributed by atoms with Crippen LogP contribution >= 0.6 is 11.3 Å². The molecule has 5 rings (SSSR count). The number of aryl methyl sites for hydroxylation is 1. The van der Waals surface area contributed by atoms with Gasteiger partial charge in [-0.25, -0.2) is 15.0 Å². The highest BCUT2D eigenvalue weighted by molar-refractivity contribution is 7.14. The third-order valence-electron chi connectivity index (χ3n) is 5.81. The van der Waals surface area contributed by atoms with Gasteiger partial charge in [0.2, 0.25) is 5.91 Å². The van der Waals surface area contributed by atoms with Gasteiger partial charge in [-0.05, 0) is 38.5 Å². The van der Waals surface area contributed by atoms with E-state index in [1.54, 1.807) is 4.90 Å². The van der Waals surface area contributed by atoms with E-state index in [4.69, 9.17) is 4.98 Å². The molecule has 1 N–H and O–H groups in total. The van der Waals surface area contributed by atoms with Crippen molar-refractivity contribution in [1.82, 2.24) is 15.0 Å². The lowest BCUT2D eigenvalue weighted by atomic mass is 9.85. The molecule has 0 bridgehead atoms. The molecule has 0 atom stereocenters. The van der Waals surface area contributed by atoms with Crippen LogP contribution < -0.4 is 10.2 Å². The van der Waals surface area contributed by atoms with E-state index in [9.17, 15) is 4.79 Å². The SMILES string of the molecule is Cc1nc(Nc2nc(-c3ccc4c(c3)C(C)(C)C(=O)N4C)cs2)cc(-c2ccccc2)n1. The van der Waals surface area contributed by atoms with Crippen molar-refractivity contribution < 1.29 is 4.79 Å². The normalized spacial score (nSPS) is 14.5. The van der Waals surface area contributed by atoms with Crippen molar-refractivity contribution in [2.75, 3.05) is 17.3 Å². The Kier molecular flexibility index (Phi) is 4.78. The van der Waals surface area contributed by atoms with Crippen molar-refractivity contribution in [3.8, 4) is 22.5 Å². The summed E-state index contributed by atoms with van der Waals surface area (Å²) in [6.45, 7) is 5.82. The summed E-state index contributed by atoms with van der Waals surface area (Å²) in [6, 6.07) is 18.1. The standard InChI is InChI=1S/C25H23N5OS/c1-15-26-19(16-8-6-5-7-9-16)13-22(27-15)29-24-28-20(14-32-24)17-10-11-21-18(12-17)25(2,3)23(31)30(21)4/h5-14H,1-4H3,(H,26,27,28,29). The first-order valence-electron chi connectivity index (χ1n) is 10.4. The van der Waals surface area contributed by atoms with Crippen molar-refractivity contribution in [1.29, 1.82) is 0 Å². The summed E-state index contributed by atoms with van der Waals surface area (Å²) in [7, 11) is 1.83. The maximum absolute atomic E-state index is 12.6.